The number of benzene rings is 1. The number of nitrogens with zero attached hydrogens (tertiary/aromatic N) is 2. The molecule has 0 spiro atoms. The van der Waals surface area contributed by atoms with E-state index in [1.54, 1.807) is 29.6 Å². The van der Waals surface area contributed by atoms with Gasteiger partial charge in [-0.15, -0.1) is 11.3 Å². The lowest BCUT2D eigenvalue weighted by molar-refractivity contribution is -0.118. The van der Waals surface area contributed by atoms with Crippen LogP contribution in [-0.2, 0) is 9.53 Å². The van der Waals surface area contributed by atoms with E-state index in [-0.39, 0.29) is 0 Å². The topological polar surface area (TPSA) is 118 Å². The Labute approximate surface area is 124 Å². The minimum atomic E-state index is -1.02. The van der Waals surface area contributed by atoms with Crippen molar-refractivity contribution >= 4 is 28.5 Å². The van der Waals surface area contributed by atoms with Crippen molar-refractivity contribution in [3.05, 3.63) is 35.2 Å². The third-order valence-corrected chi connectivity index (χ3v) is 3.18. The highest BCUT2D eigenvalue weighted by Gasteiger charge is 2.11. The number of rotatable bonds is 4. The number of anilines is 1. The van der Waals surface area contributed by atoms with Crippen LogP contribution in [0.25, 0.3) is 11.3 Å². The Hall–Kier alpha value is -2.92. The molecule has 3 N–H and O–H groups in total. The van der Waals surface area contributed by atoms with Crippen LogP contribution in [0.4, 0.5) is 9.93 Å². The van der Waals surface area contributed by atoms with Crippen LogP contribution < -0.4 is 11.1 Å². The maximum atomic E-state index is 11.5. The minimum absolute atomic E-state index is 0.343. The third-order valence-electron chi connectivity index (χ3n) is 2.42. The van der Waals surface area contributed by atoms with E-state index < -0.39 is 18.6 Å². The van der Waals surface area contributed by atoms with E-state index in [1.165, 1.54) is 11.3 Å². The van der Waals surface area contributed by atoms with Gasteiger partial charge in [0, 0.05) is 10.9 Å². The van der Waals surface area contributed by atoms with Gasteiger partial charge in [-0.05, 0) is 6.07 Å². The second-order valence-electron chi connectivity index (χ2n) is 3.85. The van der Waals surface area contributed by atoms with Crippen LogP contribution in [0.3, 0.4) is 0 Å². The highest BCUT2D eigenvalue weighted by molar-refractivity contribution is 7.14. The molecule has 1 aromatic heterocycles. The van der Waals surface area contributed by atoms with Gasteiger partial charge in [-0.1, -0.05) is 18.2 Å². The van der Waals surface area contributed by atoms with Gasteiger partial charge in [-0.3, -0.25) is 10.1 Å². The monoisotopic (exact) mass is 302 g/mol. The quantitative estimate of drug-likeness (QED) is 0.891. The van der Waals surface area contributed by atoms with Gasteiger partial charge in [0.2, 0.25) is 0 Å². The molecule has 2 amide bonds. The van der Waals surface area contributed by atoms with Crippen molar-refractivity contribution in [2.75, 3.05) is 11.9 Å². The van der Waals surface area contributed by atoms with Crippen molar-refractivity contribution < 1.29 is 14.3 Å². The van der Waals surface area contributed by atoms with Gasteiger partial charge in [0.1, 0.15) is 0 Å². The second-order valence-corrected chi connectivity index (χ2v) is 4.71. The zero-order valence-electron chi connectivity index (χ0n) is 10.7. The number of primary amides is 1. The molecule has 8 heteroatoms. The zero-order valence-corrected chi connectivity index (χ0v) is 11.5. The summed E-state index contributed by atoms with van der Waals surface area (Å²) in [4.78, 5) is 26.1. The van der Waals surface area contributed by atoms with Crippen LogP contribution in [0.5, 0.6) is 0 Å². The molecule has 0 radical (unpaired) electrons. The van der Waals surface area contributed by atoms with Crippen LogP contribution in [0.15, 0.2) is 29.6 Å². The van der Waals surface area contributed by atoms with E-state index in [0.717, 1.165) is 0 Å². The smallest absolute Gasteiger partial charge is 0.405 e. The van der Waals surface area contributed by atoms with Crippen molar-refractivity contribution in [1.29, 1.82) is 5.26 Å². The summed E-state index contributed by atoms with van der Waals surface area (Å²) in [5.41, 5.74) is 6.53. The fourth-order valence-electron chi connectivity index (χ4n) is 1.55. The van der Waals surface area contributed by atoms with E-state index >= 15 is 0 Å². The Bertz CT molecular complexity index is 720. The van der Waals surface area contributed by atoms with E-state index in [0.29, 0.717) is 22.0 Å². The second kappa shape index (κ2) is 6.49. The van der Waals surface area contributed by atoms with Gasteiger partial charge in [-0.2, -0.15) is 5.26 Å². The van der Waals surface area contributed by atoms with E-state index in [1.807, 2.05) is 0 Å². The number of nitrogens with one attached hydrogen (secondary N) is 1. The largest absolute Gasteiger partial charge is 0.440 e. The maximum absolute atomic E-state index is 11.5. The fraction of sp³-hybridized carbons (Fsp3) is 0.0769. The zero-order chi connectivity index (χ0) is 15.2. The van der Waals surface area contributed by atoms with Crippen LogP contribution in [-0.4, -0.2) is 23.6 Å². The number of hydrogen-bond donors (Lipinski definition) is 2. The summed E-state index contributed by atoms with van der Waals surface area (Å²) in [5.74, 6) is -0.539. The lowest BCUT2D eigenvalue weighted by atomic mass is 10.1. The van der Waals surface area contributed by atoms with E-state index in [9.17, 15) is 9.59 Å². The first-order valence-corrected chi connectivity index (χ1v) is 6.65. The predicted molar refractivity (Wildman–Crippen MR) is 76.4 cm³/mol. The van der Waals surface area contributed by atoms with Crippen molar-refractivity contribution in [3.63, 3.8) is 0 Å². The first-order chi connectivity index (χ1) is 10.1. The van der Waals surface area contributed by atoms with Crippen molar-refractivity contribution in [2.24, 2.45) is 5.73 Å². The Morgan fingerprint density at radius 3 is 2.90 bits per heavy atom. The molecule has 21 heavy (non-hydrogen) atoms. The molecule has 7 nitrogen and oxygen atoms in total. The number of nitrogens with two attached hydrogens (primary N) is 1. The van der Waals surface area contributed by atoms with Crippen molar-refractivity contribution in [3.8, 4) is 17.3 Å². The number of carbonyl (C=O) groups excluding carboxylic acids is 2. The van der Waals surface area contributed by atoms with Crippen LogP contribution in [0.2, 0.25) is 0 Å². The Balaban J connectivity index is 2.10. The number of hydrogen-bond acceptors (Lipinski definition) is 6. The maximum Gasteiger partial charge on any atom is 0.405 e. The molecular weight excluding hydrogens is 292 g/mol. The Morgan fingerprint density at radius 2 is 2.19 bits per heavy atom. The van der Waals surface area contributed by atoms with Gasteiger partial charge in [0.15, 0.2) is 11.7 Å². The molecule has 0 bridgehead atoms. The fourth-order valence-corrected chi connectivity index (χ4v) is 2.28. The summed E-state index contributed by atoms with van der Waals surface area (Å²) >= 11 is 1.20. The molecule has 0 saturated carbocycles. The summed E-state index contributed by atoms with van der Waals surface area (Å²) < 4.78 is 4.36. The first kappa shape index (κ1) is 14.5. The molecule has 0 aliphatic heterocycles. The van der Waals surface area contributed by atoms with Crippen LogP contribution in [0, 0.1) is 11.3 Å². The van der Waals surface area contributed by atoms with Crippen molar-refractivity contribution in [1.82, 2.24) is 4.98 Å². The van der Waals surface area contributed by atoms with E-state index in [4.69, 9.17) is 11.0 Å². The number of ether oxygens (including phenoxy) is 1. The standard InChI is InChI=1S/C13H10N4O3S/c14-5-8-3-1-2-4-9(8)10-7-21-13(16-10)17-11(18)6-20-12(15)19/h1-4,7H,6H2,(H2,15,19)(H,16,17,18). The predicted octanol–water partition coefficient (Wildman–Crippen LogP) is 1.72. The highest BCUT2D eigenvalue weighted by Crippen LogP contribution is 2.27. The minimum Gasteiger partial charge on any atom is -0.440 e. The average molecular weight is 302 g/mol. The number of thiazole rings is 1. The summed E-state index contributed by atoms with van der Waals surface area (Å²) in [5, 5.41) is 13.6. The molecule has 2 rings (SSSR count). The molecule has 0 unspecified atom stereocenters. The molecule has 0 aliphatic rings. The lowest BCUT2D eigenvalue weighted by Crippen LogP contribution is -2.23. The molecule has 0 aliphatic carbocycles. The first-order valence-electron chi connectivity index (χ1n) is 5.77. The molecule has 0 atom stereocenters. The number of nitriles is 1. The van der Waals surface area contributed by atoms with Gasteiger partial charge in [-0.25, -0.2) is 9.78 Å². The third kappa shape index (κ3) is 3.77. The summed E-state index contributed by atoms with van der Waals surface area (Å²) in [7, 11) is 0. The van der Waals surface area contributed by atoms with Gasteiger partial charge < -0.3 is 10.5 Å². The summed E-state index contributed by atoms with van der Waals surface area (Å²) in [6.45, 7) is -0.473. The molecule has 0 fully saturated rings. The molecule has 1 aromatic carbocycles. The SMILES string of the molecule is N#Cc1ccccc1-c1csc(NC(=O)COC(N)=O)n1. The number of aromatic nitrogens is 1. The molecule has 106 valence electrons. The lowest BCUT2D eigenvalue weighted by Gasteiger charge is -2.01. The highest BCUT2D eigenvalue weighted by atomic mass is 32.1. The van der Waals surface area contributed by atoms with Crippen LogP contribution >= 0.6 is 11.3 Å². The van der Waals surface area contributed by atoms with E-state index in [2.05, 4.69) is 21.1 Å². The average Bonchev–Trinajstić information content (AvgIpc) is 2.93. The summed E-state index contributed by atoms with van der Waals surface area (Å²) in [6, 6.07) is 9.11. The van der Waals surface area contributed by atoms with Gasteiger partial charge in [0.05, 0.1) is 17.3 Å². The van der Waals surface area contributed by atoms with Crippen molar-refractivity contribution in [2.45, 2.75) is 0 Å². The normalized spacial score (nSPS) is 9.67. The molecule has 1 heterocycles. The Kier molecular flexibility index (Phi) is 4.48. The Morgan fingerprint density at radius 1 is 1.43 bits per heavy atom. The van der Waals surface area contributed by atoms with Crippen LogP contribution in [0.1, 0.15) is 5.56 Å². The summed E-state index contributed by atoms with van der Waals surface area (Å²) in [6.07, 6.45) is -1.02. The van der Waals surface area contributed by atoms with Gasteiger partial charge >= 0.3 is 6.09 Å². The number of amides is 2. The molecular formula is C13H10N4O3S. The molecule has 2 aromatic rings. The molecule has 0 saturated heterocycles. The van der Waals surface area contributed by atoms with Gasteiger partial charge in [0.25, 0.3) is 5.91 Å². The number of carbonyl (C=O) groups is 2.